The normalized spacial score (nSPS) is 47.4. The fraction of sp³-hybridized carbons (Fsp3) is 1.00. The summed E-state index contributed by atoms with van der Waals surface area (Å²) in [5.41, 5.74) is 0. The third-order valence-electron chi connectivity index (χ3n) is 6.76. The standard InChI is InChI=1S/C18H30O21S2/c19-1-4-7(21)9(23)14(38-40(26,27)28)18(34-4)36-11-6-3-32-12(11)10(24)17(35-6)37-13-8(22)5(2-20)33-16(25)15(13)39-41(29,30)31/h4-25H,1-3H2,(H,26,27,28)(H,29,30,31)/t4-,5-,6-,7+,8+,9+,10-,11+,12-,13+,14-,15-,16?,17-,18+/m1/s1. The van der Waals surface area contributed by atoms with Crippen molar-refractivity contribution in [2.24, 2.45) is 0 Å². The molecule has 0 radical (unpaired) electrons. The SMILES string of the molecule is O=S(=O)(O)O[C@H]1[C@H](O[C@@H]2[C@@H]3OC[C@H]2O[C@H](O[C@H]2[C@@H](O)[C@@H](CO)OC(O)[C@@H]2OS(=O)(=O)O)[C@@H]3O)O[C@H](CO)[C@H](O)[C@@H]1O. The molecule has 4 fully saturated rings. The molecule has 4 aliphatic heterocycles. The number of aliphatic hydroxyl groups is 7. The van der Waals surface area contributed by atoms with Crippen LogP contribution in [0, 0.1) is 0 Å². The number of ether oxygens (including phenoxy) is 6. The lowest BCUT2D eigenvalue weighted by molar-refractivity contribution is -0.357. The maximum atomic E-state index is 11.3. The second kappa shape index (κ2) is 12.7. The molecule has 21 nitrogen and oxygen atoms in total. The summed E-state index contributed by atoms with van der Waals surface area (Å²) in [6.45, 7) is -2.04. The molecule has 0 aromatic heterocycles. The summed E-state index contributed by atoms with van der Waals surface area (Å²) in [4.78, 5) is 0. The molecule has 41 heavy (non-hydrogen) atoms. The second-order valence-electron chi connectivity index (χ2n) is 9.45. The molecule has 0 amide bonds. The lowest BCUT2D eigenvalue weighted by atomic mass is 9.97. The third kappa shape index (κ3) is 7.31. The van der Waals surface area contributed by atoms with Crippen molar-refractivity contribution in [2.45, 2.75) is 92.1 Å². The van der Waals surface area contributed by atoms with Gasteiger partial charge in [0, 0.05) is 0 Å². The quantitative estimate of drug-likeness (QED) is 0.0995. The van der Waals surface area contributed by atoms with Crippen molar-refractivity contribution in [1.82, 2.24) is 0 Å². The first kappa shape index (κ1) is 33.1. The van der Waals surface area contributed by atoms with Crippen LogP contribution in [0.2, 0.25) is 0 Å². The van der Waals surface area contributed by atoms with Crippen LogP contribution in [0.3, 0.4) is 0 Å². The Morgan fingerprint density at radius 2 is 1.20 bits per heavy atom. The van der Waals surface area contributed by atoms with E-state index in [1.54, 1.807) is 0 Å². The fourth-order valence-corrected chi connectivity index (χ4v) is 5.85. The Hall–Kier alpha value is -0.780. The number of rotatable bonds is 10. The van der Waals surface area contributed by atoms with Crippen LogP contribution < -0.4 is 0 Å². The van der Waals surface area contributed by atoms with Gasteiger partial charge in [-0.25, -0.2) is 8.37 Å². The van der Waals surface area contributed by atoms with Gasteiger partial charge in [-0.1, -0.05) is 0 Å². The molecule has 1 unspecified atom stereocenters. The smallest absolute Gasteiger partial charge is 0.394 e. The van der Waals surface area contributed by atoms with E-state index >= 15 is 0 Å². The van der Waals surface area contributed by atoms with E-state index in [0.717, 1.165) is 0 Å². The highest BCUT2D eigenvalue weighted by molar-refractivity contribution is 7.81. The van der Waals surface area contributed by atoms with Crippen molar-refractivity contribution in [3.05, 3.63) is 0 Å². The van der Waals surface area contributed by atoms with E-state index in [0.29, 0.717) is 0 Å². The van der Waals surface area contributed by atoms with Crippen molar-refractivity contribution in [3.8, 4) is 0 Å². The zero-order chi connectivity index (χ0) is 30.4. The van der Waals surface area contributed by atoms with E-state index in [2.05, 4.69) is 8.37 Å². The zero-order valence-corrected chi connectivity index (χ0v) is 22.2. The van der Waals surface area contributed by atoms with Crippen LogP contribution in [0.5, 0.6) is 0 Å². The van der Waals surface area contributed by atoms with Crippen molar-refractivity contribution < 1.29 is 98.5 Å². The first-order valence-corrected chi connectivity index (χ1v) is 14.6. The van der Waals surface area contributed by atoms with Crippen LogP contribution in [0.15, 0.2) is 0 Å². The summed E-state index contributed by atoms with van der Waals surface area (Å²) >= 11 is 0. The Bertz CT molecular complexity index is 1100. The molecule has 15 atom stereocenters. The predicted molar refractivity (Wildman–Crippen MR) is 119 cm³/mol. The van der Waals surface area contributed by atoms with Gasteiger partial charge in [-0.2, -0.15) is 16.8 Å². The summed E-state index contributed by atoms with van der Waals surface area (Å²) in [5, 5.41) is 70.8. The fourth-order valence-electron chi connectivity index (χ4n) is 4.88. The van der Waals surface area contributed by atoms with Gasteiger partial charge in [0.2, 0.25) is 0 Å². The van der Waals surface area contributed by atoms with Gasteiger partial charge in [-0.15, -0.1) is 0 Å². The summed E-state index contributed by atoms with van der Waals surface area (Å²) < 4.78 is 105. The molecule has 4 saturated heterocycles. The lowest BCUT2D eigenvalue weighted by Crippen LogP contribution is -2.65. The molecular weight excluding hydrogens is 616 g/mol. The Balaban J connectivity index is 1.52. The Kier molecular flexibility index (Phi) is 10.2. The van der Waals surface area contributed by atoms with Gasteiger partial charge >= 0.3 is 20.8 Å². The first-order valence-electron chi connectivity index (χ1n) is 11.9. The van der Waals surface area contributed by atoms with Gasteiger partial charge in [0.05, 0.1) is 19.8 Å². The predicted octanol–water partition coefficient (Wildman–Crippen LogP) is -6.87. The largest absolute Gasteiger partial charge is 0.397 e. The molecule has 0 spiro atoms. The third-order valence-corrected chi connectivity index (χ3v) is 7.69. The molecule has 4 rings (SSSR count). The highest BCUT2D eigenvalue weighted by Crippen LogP contribution is 2.37. The minimum absolute atomic E-state index is 0.305. The van der Waals surface area contributed by atoms with Crippen molar-refractivity contribution in [2.75, 3.05) is 19.8 Å². The molecular formula is C18H30O21S2. The summed E-state index contributed by atoms with van der Waals surface area (Å²) in [6, 6.07) is 0. The van der Waals surface area contributed by atoms with Crippen LogP contribution in [0.25, 0.3) is 0 Å². The average Bonchev–Trinajstić information content (AvgIpc) is 3.18. The highest BCUT2D eigenvalue weighted by atomic mass is 32.3. The van der Waals surface area contributed by atoms with Gasteiger partial charge in [0.25, 0.3) is 0 Å². The van der Waals surface area contributed by atoms with E-state index in [1.807, 2.05) is 0 Å². The summed E-state index contributed by atoms with van der Waals surface area (Å²) in [5.74, 6) is 0. The number of aliphatic hydroxyl groups excluding tert-OH is 7. The summed E-state index contributed by atoms with van der Waals surface area (Å²) in [7, 11) is -10.5. The van der Waals surface area contributed by atoms with Crippen LogP contribution >= 0.6 is 0 Å². The number of hydrogen-bond donors (Lipinski definition) is 9. The maximum Gasteiger partial charge on any atom is 0.397 e. The number of fused-ring (bicyclic) bond motifs is 2. The second-order valence-corrected chi connectivity index (χ2v) is 11.6. The molecule has 240 valence electrons. The van der Waals surface area contributed by atoms with Crippen molar-refractivity contribution in [3.63, 3.8) is 0 Å². The minimum atomic E-state index is -5.24. The Labute approximate surface area is 231 Å². The molecule has 4 heterocycles. The van der Waals surface area contributed by atoms with Crippen LogP contribution in [-0.2, 0) is 57.6 Å². The molecule has 9 N–H and O–H groups in total. The molecule has 0 aromatic rings. The number of hydrogen-bond acceptors (Lipinski definition) is 19. The van der Waals surface area contributed by atoms with E-state index in [1.165, 1.54) is 0 Å². The van der Waals surface area contributed by atoms with Crippen LogP contribution in [0.4, 0.5) is 0 Å². The van der Waals surface area contributed by atoms with Gasteiger partial charge in [0.1, 0.15) is 61.0 Å². The molecule has 0 saturated carbocycles. The molecule has 23 heteroatoms. The van der Waals surface area contributed by atoms with Gasteiger partial charge in [-0.3, -0.25) is 9.11 Å². The molecule has 4 aliphatic rings. The van der Waals surface area contributed by atoms with E-state index < -0.39 is 126 Å². The van der Waals surface area contributed by atoms with Crippen LogP contribution in [-0.4, -0.2) is 174 Å². The Morgan fingerprint density at radius 1 is 0.634 bits per heavy atom. The van der Waals surface area contributed by atoms with Crippen LogP contribution in [0.1, 0.15) is 0 Å². The molecule has 0 aromatic carbocycles. The van der Waals surface area contributed by atoms with Gasteiger partial charge in [0.15, 0.2) is 31.1 Å². The van der Waals surface area contributed by atoms with E-state index in [4.69, 9.17) is 37.5 Å². The van der Waals surface area contributed by atoms with Crippen molar-refractivity contribution in [1.29, 1.82) is 0 Å². The minimum Gasteiger partial charge on any atom is -0.394 e. The van der Waals surface area contributed by atoms with Crippen molar-refractivity contribution >= 4 is 20.8 Å². The van der Waals surface area contributed by atoms with E-state index in [9.17, 15) is 52.6 Å². The maximum absolute atomic E-state index is 11.3. The topological polar surface area (TPSA) is 324 Å². The molecule has 2 bridgehead atoms. The summed E-state index contributed by atoms with van der Waals surface area (Å²) in [6.07, 6.45) is -26.5. The highest BCUT2D eigenvalue weighted by Gasteiger charge is 2.58. The first-order chi connectivity index (χ1) is 19.0. The zero-order valence-electron chi connectivity index (χ0n) is 20.5. The van der Waals surface area contributed by atoms with Gasteiger partial charge < -0.3 is 64.2 Å². The molecule has 0 aliphatic carbocycles. The monoisotopic (exact) mass is 646 g/mol. The average molecular weight is 647 g/mol. The van der Waals surface area contributed by atoms with Gasteiger partial charge in [-0.05, 0) is 0 Å². The lowest BCUT2D eigenvalue weighted by Gasteiger charge is -2.46. The Morgan fingerprint density at radius 3 is 1.78 bits per heavy atom. The van der Waals surface area contributed by atoms with E-state index in [-0.39, 0.29) is 6.61 Å².